The van der Waals surface area contributed by atoms with Gasteiger partial charge in [-0.1, -0.05) is 6.07 Å². The van der Waals surface area contributed by atoms with Crippen LogP contribution in [0.3, 0.4) is 0 Å². The third-order valence-electron chi connectivity index (χ3n) is 4.71. The summed E-state index contributed by atoms with van der Waals surface area (Å²) in [5.74, 6) is 0.542. The number of urea groups is 1. The highest BCUT2D eigenvalue weighted by Gasteiger charge is 2.09. The molecule has 2 heterocycles. The largest absolute Gasteiger partial charge is 0.457 e. The number of carbonyl (C=O) groups is 2. The molecule has 0 aliphatic heterocycles. The Morgan fingerprint density at radius 2 is 1.88 bits per heavy atom. The zero-order chi connectivity index (χ0) is 23.2. The Balaban J connectivity index is 1.39. The first-order valence-corrected chi connectivity index (χ1v) is 9.98. The predicted molar refractivity (Wildman–Crippen MR) is 123 cm³/mol. The Morgan fingerprint density at radius 3 is 2.61 bits per heavy atom. The molecule has 0 unspecified atom stereocenters. The molecular weight excluding hydrogens is 425 g/mol. The monoisotopic (exact) mass is 445 g/mol. The first kappa shape index (κ1) is 21.7. The summed E-state index contributed by atoms with van der Waals surface area (Å²) in [7, 11) is 0. The second kappa shape index (κ2) is 9.75. The van der Waals surface area contributed by atoms with E-state index < -0.39 is 11.8 Å². The van der Waals surface area contributed by atoms with Crippen LogP contribution in [0, 0.1) is 5.82 Å². The molecule has 0 atom stereocenters. The number of anilines is 2. The number of nitrogens with one attached hydrogen (secondary N) is 3. The smallest absolute Gasteiger partial charge is 0.323 e. The molecular formula is C24H20FN5O3. The standard InChI is InChI=1S/C24H20FN5O3/c25-20-6-1-15(12-26)9-21(20)30-24(32)29-17-2-4-18(5-3-17)33-19-7-8-27-23(11-19)22-10-16(14-31)13-28-22/h1-11,13-14,28H,12,26H2,(H2,29,30,32). The van der Waals surface area contributed by atoms with Gasteiger partial charge in [-0.05, 0) is 54.1 Å². The van der Waals surface area contributed by atoms with Gasteiger partial charge < -0.3 is 26.1 Å². The van der Waals surface area contributed by atoms with Crippen molar-refractivity contribution in [2.24, 2.45) is 5.73 Å². The lowest BCUT2D eigenvalue weighted by molar-refractivity contribution is 0.112. The number of aromatic amines is 1. The van der Waals surface area contributed by atoms with Gasteiger partial charge in [-0.15, -0.1) is 0 Å². The molecule has 2 aromatic heterocycles. The summed E-state index contributed by atoms with van der Waals surface area (Å²) in [4.78, 5) is 30.4. The van der Waals surface area contributed by atoms with Crippen molar-refractivity contribution in [2.75, 3.05) is 10.6 Å². The summed E-state index contributed by atoms with van der Waals surface area (Å²) >= 11 is 0. The molecule has 0 bridgehead atoms. The minimum atomic E-state index is -0.587. The molecule has 0 fully saturated rings. The lowest BCUT2D eigenvalue weighted by Gasteiger charge is -2.11. The number of hydrogen-bond donors (Lipinski definition) is 4. The minimum absolute atomic E-state index is 0.0474. The quantitative estimate of drug-likeness (QED) is 0.301. The summed E-state index contributed by atoms with van der Waals surface area (Å²) < 4.78 is 19.8. The third kappa shape index (κ3) is 5.41. The highest BCUT2D eigenvalue weighted by Crippen LogP contribution is 2.26. The summed E-state index contributed by atoms with van der Waals surface area (Å²) in [6.07, 6.45) is 3.96. The van der Waals surface area contributed by atoms with E-state index in [1.807, 2.05) is 0 Å². The molecule has 8 nitrogen and oxygen atoms in total. The maximum absolute atomic E-state index is 13.9. The maximum Gasteiger partial charge on any atom is 0.323 e. The Bertz CT molecular complexity index is 1290. The number of amides is 2. The van der Waals surface area contributed by atoms with E-state index in [9.17, 15) is 14.0 Å². The van der Waals surface area contributed by atoms with E-state index in [1.165, 1.54) is 12.1 Å². The fraction of sp³-hybridized carbons (Fsp3) is 0.0417. The van der Waals surface area contributed by atoms with Crippen LogP contribution in [-0.2, 0) is 6.54 Å². The molecule has 4 rings (SSSR count). The van der Waals surface area contributed by atoms with Gasteiger partial charge in [0.1, 0.15) is 17.3 Å². The number of halogens is 1. The molecule has 0 aliphatic carbocycles. The number of rotatable bonds is 7. The maximum atomic E-state index is 13.9. The number of aromatic nitrogens is 2. The number of ether oxygens (including phenoxy) is 1. The van der Waals surface area contributed by atoms with Crippen LogP contribution in [-0.4, -0.2) is 22.3 Å². The molecule has 2 amide bonds. The summed E-state index contributed by atoms with van der Waals surface area (Å²) in [6, 6.07) is 15.5. The summed E-state index contributed by atoms with van der Waals surface area (Å²) in [5, 5.41) is 5.11. The van der Waals surface area contributed by atoms with E-state index in [-0.39, 0.29) is 12.2 Å². The van der Waals surface area contributed by atoms with Crippen molar-refractivity contribution in [3.05, 3.63) is 90.0 Å². The first-order valence-electron chi connectivity index (χ1n) is 9.98. The minimum Gasteiger partial charge on any atom is -0.457 e. The number of nitrogens with two attached hydrogens (primary N) is 1. The average Bonchev–Trinajstić information content (AvgIpc) is 3.31. The number of benzene rings is 2. The van der Waals surface area contributed by atoms with Gasteiger partial charge in [0.05, 0.1) is 17.1 Å². The van der Waals surface area contributed by atoms with Crippen LogP contribution in [0.4, 0.5) is 20.6 Å². The van der Waals surface area contributed by atoms with Gasteiger partial charge in [0.15, 0.2) is 6.29 Å². The van der Waals surface area contributed by atoms with Crippen molar-refractivity contribution >= 4 is 23.7 Å². The molecule has 0 radical (unpaired) electrons. The van der Waals surface area contributed by atoms with Crippen molar-refractivity contribution in [3.8, 4) is 22.9 Å². The summed E-state index contributed by atoms with van der Waals surface area (Å²) in [5.41, 5.74) is 8.65. The molecule has 4 aromatic rings. The number of nitrogens with zero attached hydrogens (tertiary/aromatic N) is 1. The molecule has 166 valence electrons. The highest BCUT2D eigenvalue weighted by atomic mass is 19.1. The van der Waals surface area contributed by atoms with Crippen molar-refractivity contribution in [2.45, 2.75) is 6.54 Å². The molecule has 0 spiro atoms. The van der Waals surface area contributed by atoms with E-state index in [2.05, 4.69) is 20.6 Å². The van der Waals surface area contributed by atoms with Gasteiger partial charge in [-0.25, -0.2) is 9.18 Å². The van der Waals surface area contributed by atoms with Crippen LogP contribution in [0.1, 0.15) is 15.9 Å². The van der Waals surface area contributed by atoms with Gasteiger partial charge in [0.2, 0.25) is 0 Å². The second-order valence-electron chi connectivity index (χ2n) is 7.07. The molecule has 5 N–H and O–H groups in total. The fourth-order valence-corrected chi connectivity index (χ4v) is 3.07. The highest BCUT2D eigenvalue weighted by molar-refractivity contribution is 5.99. The Kier molecular flexibility index (Phi) is 6.42. The van der Waals surface area contributed by atoms with E-state index in [0.717, 1.165) is 6.29 Å². The van der Waals surface area contributed by atoms with Crippen LogP contribution >= 0.6 is 0 Å². The van der Waals surface area contributed by atoms with E-state index >= 15 is 0 Å². The number of H-pyrrole nitrogens is 1. The van der Waals surface area contributed by atoms with Gasteiger partial charge in [0.25, 0.3) is 0 Å². The van der Waals surface area contributed by atoms with Gasteiger partial charge >= 0.3 is 6.03 Å². The van der Waals surface area contributed by atoms with Gasteiger partial charge in [-0.2, -0.15) is 0 Å². The number of carbonyl (C=O) groups excluding carboxylic acids is 2. The lowest BCUT2D eigenvalue weighted by Crippen LogP contribution is -2.20. The van der Waals surface area contributed by atoms with E-state index in [0.29, 0.717) is 39.7 Å². The predicted octanol–water partition coefficient (Wildman–Crippen LogP) is 4.92. The van der Waals surface area contributed by atoms with Crippen molar-refractivity contribution in [3.63, 3.8) is 0 Å². The van der Waals surface area contributed by atoms with Crippen LogP contribution in [0.5, 0.6) is 11.5 Å². The van der Waals surface area contributed by atoms with Gasteiger partial charge in [0, 0.05) is 36.3 Å². The molecule has 0 aliphatic rings. The Labute approximate surface area is 188 Å². The summed E-state index contributed by atoms with van der Waals surface area (Å²) in [6.45, 7) is 0.238. The average molecular weight is 445 g/mol. The Hall–Kier alpha value is -4.50. The zero-order valence-electron chi connectivity index (χ0n) is 17.3. The van der Waals surface area contributed by atoms with E-state index in [1.54, 1.807) is 60.9 Å². The SMILES string of the molecule is NCc1ccc(F)c(NC(=O)Nc2ccc(Oc3ccnc(-c4cc(C=O)c[nH]4)c3)cc2)c1. The number of aldehydes is 1. The van der Waals surface area contributed by atoms with Crippen LogP contribution in [0.25, 0.3) is 11.4 Å². The zero-order valence-corrected chi connectivity index (χ0v) is 17.3. The van der Waals surface area contributed by atoms with Crippen LogP contribution < -0.4 is 21.1 Å². The van der Waals surface area contributed by atoms with E-state index in [4.69, 9.17) is 10.5 Å². The third-order valence-corrected chi connectivity index (χ3v) is 4.71. The number of hydrogen-bond acceptors (Lipinski definition) is 5. The van der Waals surface area contributed by atoms with Crippen molar-refractivity contribution < 1.29 is 18.7 Å². The molecule has 0 saturated heterocycles. The fourth-order valence-electron chi connectivity index (χ4n) is 3.07. The van der Waals surface area contributed by atoms with Crippen LogP contribution in [0.2, 0.25) is 0 Å². The normalized spacial score (nSPS) is 10.5. The van der Waals surface area contributed by atoms with Crippen molar-refractivity contribution in [1.29, 1.82) is 0 Å². The lowest BCUT2D eigenvalue weighted by atomic mass is 10.2. The molecule has 33 heavy (non-hydrogen) atoms. The second-order valence-corrected chi connectivity index (χ2v) is 7.07. The first-order chi connectivity index (χ1) is 16.0. The van der Waals surface area contributed by atoms with Crippen molar-refractivity contribution in [1.82, 2.24) is 9.97 Å². The molecule has 2 aromatic carbocycles. The molecule has 9 heteroatoms. The van der Waals surface area contributed by atoms with Gasteiger partial charge in [-0.3, -0.25) is 9.78 Å². The molecule has 0 saturated carbocycles. The van der Waals surface area contributed by atoms with Crippen LogP contribution in [0.15, 0.2) is 73.1 Å². The topological polar surface area (TPSA) is 122 Å². The number of pyridine rings is 1. The Morgan fingerprint density at radius 1 is 1.06 bits per heavy atom.